The van der Waals surface area contributed by atoms with Gasteiger partial charge in [0.05, 0.1) is 19.2 Å². The van der Waals surface area contributed by atoms with Crippen molar-refractivity contribution in [1.82, 2.24) is 5.32 Å². The predicted octanol–water partition coefficient (Wildman–Crippen LogP) is 2.61. The molecule has 2 N–H and O–H groups in total. The van der Waals surface area contributed by atoms with Gasteiger partial charge in [-0.05, 0) is 26.2 Å². The maximum absolute atomic E-state index is 12.9. The molecular formula is C18H25N3O5S. The van der Waals surface area contributed by atoms with Crippen molar-refractivity contribution in [3.05, 3.63) is 28.3 Å². The topological polar surface area (TPSA) is 113 Å². The van der Waals surface area contributed by atoms with Gasteiger partial charge in [0.15, 0.2) is 0 Å². The molecule has 0 radical (unpaired) electrons. The minimum Gasteiger partial charge on any atom is -0.496 e. The third-order valence-corrected chi connectivity index (χ3v) is 5.51. The summed E-state index contributed by atoms with van der Waals surface area (Å²) in [5.41, 5.74) is -1.17. The molecule has 2 heterocycles. The van der Waals surface area contributed by atoms with Crippen LogP contribution >= 0.6 is 11.8 Å². The van der Waals surface area contributed by atoms with Crippen molar-refractivity contribution in [3.63, 3.8) is 0 Å². The first kappa shape index (κ1) is 21.0. The van der Waals surface area contributed by atoms with Crippen LogP contribution in [-0.2, 0) is 4.79 Å². The first-order valence-corrected chi connectivity index (χ1v) is 9.58. The largest absolute Gasteiger partial charge is 0.496 e. The molecule has 0 saturated heterocycles. The molecule has 0 aromatic carbocycles. The zero-order chi connectivity index (χ0) is 20.2. The Morgan fingerprint density at radius 1 is 1.52 bits per heavy atom. The standard InChI is InChI=1S/C18H25N3O5S/c1-10(2)6-13(14-7-12(25-5)8-15(22)26-14)19-17(23)18(4)9-27-16(20-18)11(3)21-24/h7-8,10,13,24H,6,9H2,1-5H3,(H,19,23)/b21-11+/t13-,18?/m1/s1. The lowest BCUT2D eigenvalue weighted by atomic mass is 9.98. The summed E-state index contributed by atoms with van der Waals surface area (Å²) in [6.45, 7) is 7.38. The summed E-state index contributed by atoms with van der Waals surface area (Å²) in [4.78, 5) is 29.2. The van der Waals surface area contributed by atoms with E-state index in [2.05, 4.69) is 15.5 Å². The fraction of sp³-hybridized carbons (Fsp3) is 0.556. The van der Waals surface area contributed by atoms with Gasteiger partial charge in [-0.25, -0.2) is 4.79 Å². The Bertz CT molecular complexity index is 817. The molecule has 2 rings (SSSR count). The van der Waals surface area contributed by atoms with Crippen molar-refractivity contribution in [3.8, 4) is 5.75 Å². The summed E-state index contributed by atoms with van der Waals surface area (Å²) in [6, 6.07) is 2.37. The number of nitrogens with zero attached hydrogens (tertiary/aromatic N) is 2. The number of oxime groups is 1. The minimum atomic E-state index is -1.000. The summed E-state index contributed by atoms with van der Waals surface area (Å²) in [5, 5.41) is 15.5. The molecule has 0 aliphatic carbocycles. The second-order valence-electron chi connectivity index (χ2n) is 7.04. The Morgan fingerprint density at radius 3 is 2.81 bits per heavy atom. The second-order valence-corrected chi connectivity index (χ2v) is 8.00. The number of hydrogen-bond acceptors (Lipinski definition) is 8. The third kappa shape index (κ3) is 5.12. The van der Waals surface area contributed by atoms with Crippen molar-refractivity contribution in [2.45, 2.75) is 45.7 Å². The fourth-order valence-corrected chi connectivity index (χ4v) is 3.77. The Balaban J connectivity index is 2.29. The molecule has 1 aromatic heterocycles. The lowest BCUT2D eigenvalue weighted by Gasteiger charge is -2.25. The Kier molecular flexibility index (Phi) is 6.69. The summed E-state index contributed by atoms with van der Waals surface area (Å²) < 4.78 is 10.4. The molecule has 27 heavy (non-hydrogen) atoms. The number of rotatable bonds is 7. The van der Waals surface area contributed by atoms with Crippen LogP contribution in [-0.4, -0.2) is 40.3 Å². The Labute approximate surface area is 162 Å². The van der Waals surface area contributed by atoms with Crippen LogP contribution in [0.4, 0.5) is 0 Å². The van der Waals surface area contributed by atoms with Crippen LogP contribution in [0.15, 0.2) is 31.5 Å². The van der Waals surface area contributed by atoms with E-state index in [1.807, 2.05) is 13.8 Å². The van der Waals surface area contributed by atoms with Gasteiger partial charge in [-0.1, -0.05) is 19.0 Å². The van der Waals surface area contributed by atoms with Crippen LogP contribution in [0.1, 0.15) is 45.9 Å². The van der Waals surface area contributed by atoms with Gasteiger partial charge in [-0.15, -0.1) is 11.8 Å². The number of nitrogens with one attached hydrogen (secondary N) is 1. The number of amides is 1. The fourth-order valence-electron chi connectivity index (χ4n) is 2.64. The van der Waals surface area contributed by atoms with E-state index in [9.17, 15) is 9.59 Å². The summed E-state index contributed by atoms with van der Waals surface area (Å²) in [6.07, 6.45) is 0.582. The van der Waals surface area contributed by atoms with Gasteiger partial charge in [0, 0.05) is 11.8 Å². The SMILES string of the molecule is COc1cc([C@@H](CC(C)C)NC(=O)C2(C)CSC(/C(C)=N/O)=N2)oc(=O)c1. The second kappa shape index (κ2) is 8.60. The molecule has 0 fully saturated rings. The van der Waals surface area contributed by atoms with Gasteiger partial charge in [0.25, 0.3) is 0 Å². The van der Waals surface area contributed by atoms with E-state index in [4.69, 9.17) is 14.4 Å². The van der Waals surface area contributed by atoms with Crippen LogP contribution in [0.25, 0.3) is 0 Å². The van der Waals surface area contributed by atoms with Crippen LogP contribution < -0.4 is 15.7 Å². The minimum absolute atomic E-state index is 0.250. The van der Waals surface area contributed by atoms with E-state index in [-0.39, 0.29) is 11.8 Å². The van der Waals surface area contributed by atoms with Crippen LogP contribution in [0.2, 0.25) is 0 Å². The molecule has 1 aliphatic heterocycles. The number of methoxy groups -OCH3 is 1. The molecule has 0 saturated carbocycles. The molecule has 8 nitrogen and oxygen atoms in total. The molecule has 9 heteroatoms. The van der Waals surface area contributed by atoms with E-state index in [1.165, 1.54) is 24.9 Å². The van der Waals surface area contributed by atoms with Crippen molar-refractivity contribution in [2.24, 2.45) is 16.1 Å². The smallest absolute Gasteiger partial charge is 0.339 e. The molecular weight excluding hydrogens is 370 g/mol. The molecule has 2 atom stereocenters. The zero-order valence-corrected chi connectivity index (χ0v) is 16.9. The summed E-state index contributed by atoms with van der Waals surface area (Å²) in [7, 11) is 1.46. The highest BCUT2D eigenvalue weighted by Crippen LogP contribution is 2.31. The zero-order valence-electron chi connectivity index (χ0n) is 16.1. The molecule has 0 spiro atoms. The summed E-state index contributed by atoms with van der Waals surface area (Å²) in [5.74, 6) is 1.11. The van der Waals surface area contributed by atoms with Crippen molar-refractivity contribution < 1.29 is 19.2 Å². The van der Waals surface area contributed by atoms with E-state index < -0.39 is 17.2 Å². The van der Waals surface area contributed by atoms with Gasteiger partial charge in [-0.2, -0.15) is 0 Å². The van der Waals surface area contributed by atoms with Gasteiger partial charge < -0.3 is 19.7 Å². The number of aliphatic imine (C=N–C) groups is 1. The Morgan fingerprint density at radius 2 is 2.22 bits per heavy atom. The highest BCUT2D eigenvalue weighted by atomic mass is 32.2. The van der Waals surface area contributed by atoms with Gasteiger partial charge in [-0.3, -0.25) is 9.79 Å². The highest BCUT2D eigenvalue weighted by Gasteiger charge is 2.40. The van der Waals surface area contributed by atoms with Crippen LogP contribution in [0.5, 0.6) is 5.75 Å². The highest BCUT2D eigenvalue weighted by molar-refractivity contribution is 8.16. The first-order valence-electron chi connectivity index (χ1n) is 8.60. The quantitative estimate of drug-likeness (QED) is 0.417. The maximum Gasteiger partial charge on any atom is 0.339 e. The molecule has 0 bridgehead atoms. The predicted molar refractivity (Wildman–Crippen MR) is 105 cm³/mol. The average Bonchev–Trinajstić information content (AvgIpc) is 3.03. The monoisotopic (exact) mass is 395 g/mol. The third-order valence-electron chi connectivity index (χ3n) is 4.14. The number of hydrogen-bond donors (Lipinski definition) is 2. The lowest BCUT2D eigenvalue weighted by molar-refractivity contribution is -0.125. The molecule has 1 aliphatic rings. The van der Waals surface area contributed by atoms with E-state index in [1.54, 1.807) is 19.9 Å². The van der Waals surface area contributed by atoms with Crippen molar-refractivity contribution in [1.29, 1.82) is 0 Å². The molecule has 1 unspecified atom stereocenters. The average molecular weight is 395 g/mol. The van der Waals surface area contributed by atoms with E-state index in [0.717, 1.165) is 0 Å². The normalized spacial score (nSPS) is 21.1. The van der Waals surface area contributed by atoms with Crippen LogP contribution in [0.3, 0.4) is 0 Å². The number of ether oxygens (including phenoxy) is 1. The molecule has 1 aromatic rings. The maximum atomic E-state index is 12.9. The van der Waals surface area contributed by atoms with E-state index in [0.29, 0.717) is 34.4 Å². The van der Waals surface area contributed by atoms with Crippen molar-refractivity contribution in [2.75, 3.05) is 12.9 Å². The van der Waals surface area contributed by atoms with Crippen molar-refractivity contribution >= 4 is 28.4 Å². The number of thioether (sulfide) groups is 1. The number of carbonyl (C=O) groups is 1. The van der Waals surface area contributed by atoms with Gasteiger partial charge in [0.2, 0.25) is 5.91 Å². The molecule has 148 valence electrons. The number of carbonyl (C=O) groups excluding carboxylic acids is 1. The molecule has 1 amide bonds. The van der Waals surface area contributed by atoms with E-state index >= 15 is 0 Å². The Hall–Kier alpha value is -2.29. The first-order chi connectivity index (χ1) is 12.7. The lowest BCUT2D eigenvalue weighted by Crippen LogP contribution is -2.45. The summed E-state index contributed by atoms with van der Waals surface area (Å²) >= 11 is 1.36. The van der Waals surface area contributed by atoms with Gasteiger partial charge in [0.1, 0.15) is 27.8 Å². The van der Waals surface area contributed by atoms with Crippen LogP contribution in [0, 0.1) is 5.92 Å². The van der Waals surface area contributed by atoms with Gasteiger partial charge >= 0.3 is 5.63 Å².